The van der Waals surface area contributed by atoms with Gasteiger partial charge in [-0.15, -0.1) is 0 Å². The third-order valence-corrected chi connectivity index (χ3v) is 4.29. The highest BCUT2D eigenvalue weighted by Crippen LogP contribution is 2.19. The van der Waals surface area contributed by atoms with E-state index in [0.29, 0.717) is 11.3 Å². The number of carboxylic acid groups (broad SMARTS) is 1. The molecule has 0 spiro atoms. The number of anilines is 2. The molecule has 0 aromatic heterocycles. The number of allylic oxidation sites excluding steroid dienone is 2. The summed E-state index contributed by atoms with van der Waals surface area (Å²) < 4.78 is 26.4. The number of hydrogen-bond acceptors (Lipinski definition) is 4. The molecule has 0 radical (unpaired) electrons. The molecule has 0 saturated carbocycles. The van der Waals surface area contributed by atoms with Gasteiger partial charge in [-0.3, -0.25) is 4.72 Å². The van der Waals surface area contributed by atoms with Gasteiger partial charge >= 0.3 is 5.97 Å². The Hall–Kier alpha value is -2.28. The largest absolute Gasteiger partial charge is 0.478 e. The van der Waals surface area contributed by atoms with Crippen LogP contribution in [0.4, 0.5) is 11.4 Å². The van der Waals surface area contributed by atoms with Crippen LogP contribution in [0.5, 0.6) is 0 Å². The summed E-state index contributed by atoms with van der Waals surface area (Å²) in [6.07, 6.45) is 2.12. The molecule has 0 amide bonds. The Labute approximate surface area is 137 Å². The molecule has 0 aliphatic carbocycles. The van der Waals surface area contributed by atoms with Gasteiger partial charge in [-0.2, -0.15) is 0 Å². The summed E-state index contributed by atoms with van der Waals surface area (Å²) in [5.41, 5.74) is 1.79. The van der Waals surface area contributed by atoms with E-state index in [-0.39, 0.29) is 0 Å². The number of benzene rings is 1. The molecule has 0 fully saturated rings. The fraction of sp³-hybridized carbons (Fsp3) is 0.312. The van der Waals surface area contributed by atoms with E-state index in [1.807, 2.05) is 12.1 Å². The first-order chi connectivity index (χ1) is 10.8. The first-order valence-electron chi connectivity index (χ1n) is 7.24. The third-order valence-electron chi connectivity index (χ3n) is 3.09. The Balaban J connectivity index is 2.86. The number of carbonyl (C=O) groups is 1. The number of aliphatic carboxylic acids is 1. The molecule has 23 heavy (non-hydrogen) atoms. The van der Waals surface area contributed by atoms with Crippen LogP contribution in [0.3, 0.4) is 0 Å². The number of hydrogen-bond donors (Lipinski definition) is 2. The van der Waals surface area contributed by atoms with Crippen LogP contribution >= 0.6 is 0 Å². The molecule has 7 heteroatoms. The van der Waals surface area contributed by atoms with Gasteiger partial charge in [-0.1, -0.05) is 6.08 Å². The van der Waals surface area contributed by atoms with E-state index in [2.05, 4.69) is 23.5 Å². The van der Waals surface area contributed by atoms with Gasteiger partial charge in [0, 0.05) is 30.5 Å². The van der Waals surface area contributed by atoms with E-state index in [9.17, 15) is 13.2 Å². The molecule has 0 saturated heterocycles. The summed E-state index contributed by atoms with van der Waals surface area (Å²) >= 11 is 0. The van der Waals surface area contributed by atoms with Gasteiger partial charge < -0.3 is 10.0 Å². The Morgan fingerprint density at radius 1 is 1.17 bits per heavy atom. The van der Waals surface area contributed by atoms with Crippen molar-refractivity contribution in [2.75, 3.05) is 22.7 Å². The lowest BCUT2D eigenvalue weighted by Crippen LogP contribution is -2.21. The monoisotopic (exact) mass is 338 g/mol. The SMILES string of the molecule is CCN(CC)c1ccc(NS(=O)(=O)/C=C(C)/C=C/C(=O)O)cc1. The zero-order chi connectivity index (χ0) is 17.5. The minimum absolute atomic E-state index is 0.319. The molecule has 2 N–H and O–H groups in total. The highest BCUT2D eigenvalue weighted by Gasteiger charge is 2.08. The lowest BCUT2D eigenvalue weighted by atomic mass is 10.2. The molecular formula is C16H22N2O4S. The fourth-order valence-electron chi connectivity index (χ4n) is 2.01. The summed E-state index contributed by atoms with van der Waals surface area (Å²) in [6.45, 7) is 7.37. The van der Waals surface area contributed by atoms with Gasteiger partial charge in [-0.05, 0) is 50.6 Å². The second-order valence-electron chi connectivity index (χ2n) is 4.90. The van der Waals surface area contributed by atoms with Crippen molar-refractivity contribution in [2.24, 2.45) is 0 Å². The average Bonchev–Trinajstić information content (AvgIpc) is 2.47. The molecule has 0 heterocycles. The Morgan fingerprint density at radius 2 is 1.74 bits per heavy atom. The fourth-order valence-corrected chi connectivity index (χ4v) is 3.10. The van der Waals surface area contributed by atoms with E-state index in [1.54, 1.807) is 12.1 Å². The van der Waals surface area contributed by atoms with Crippen LogP contribution in [-0.2, 0) is 14.8 Å². The van der Waals surface area contributed by atoms with E-state index in [1.165, 1.54) is 13.0 Å². The molecule has 1 aromatic carbocycles. The van der Waals surface area contributed by atoms with E-state index < -0.39 is 16.0 Å². The van der Waals surface area contributed by atoms with Crippen molar-refractivity contribution >= 4 is 27.4 Å². The van der Waals surface area contributed by atoms with Gasteiger partial charge in [0.15, 0.2) is 0 Å². The van der Waals surface area contributed by atoms with Gasteiger partial charge in [-0.25, -0.2) is 13.2 Å². The predicted molar refractivity (Wildman–Crippen MR) is 93.1 cm³/mol. The van der Waals surface area contributed by atoms with Crippen LogP contribution in [0.15, 0.2) is 47.4 Å². The van der Waals surface area contributed by atoms with Crippen LogP contribution in [0, 0.1) is 0 Å². The normalized spacial score (nSPS) is 12.4. The topological polar surface area (TPSA) is 86.7 Å². The highest BCUT2D eigenvalue weighted by atomic mass is 32.2. The first kappa shape index (κ1) is 18.8. The standard InChI is InChI=1S/C16H22N2O4S/c1-4-18(5-2)15-9-7-14(8-10-15)17-23(21,22)12-13(3)6-11-16(19)20/h6-12,17H,4-5H2,1-3H3,(H,19,20)/b11-6+,13-12+. The summed E-state index contributed by atoms with van der Waals surface area (Å²) in [4.78, 5) is 12.6. The van der Waals surface area contributed by atoms with Crippen molar-refractivity contribution in [3.05, 3.63) is 47.4 Å². The van der Waals surface area contributed by atoms with Crippen LogP contribution in [-0.4, -0.2) is 32.6 Å². The second-order valence-corrected chi connectivity index (χ2v) is 6.43. The predicted octanol–water partition coefficient (Wildman–Crippen LogP) is 2.82. The zero-order valence-corrected chi connectivity index (χ0v) is 14.3. The quantitative estimate of drug-likeness (QED) is 0.562. The van der Waals surface area contributed by atoms with Crippen molar-refractivity contribution in [3.63, 3.8) is 0 Å². The maximum Gasteiger partial charge on any atom is 0.328 e. The zero-order valence-electron chi connectivity index (χ0n) is 13.5. The summed E-state index contributed by atoms with van der Waals surface area (Å²) in [5, 5.41) is 9.52. The van der Waals surface area contributed by atoms with Crippen molar-refractivity contribution in [1.29, 1.82) is 0 Å². The molecule has 126 valence electrons. The Bertz CT molecular complexity index is 687. The Kier molecular flexibility index (Phi) is 6.84. The van der Waals surface area contributed by atoms with Gasteiger partial charge in [0.1, 0.15) is 0 Å². The molecule has 1 aromatic rings. The summed E-state index contributed by atoms with van der Waals surface area (Å²) in [5.74, 6) is -1.13. The summed E-state index contributed by atoms with van der Waals surface area (Å²) in [6, 6.07) is 7.10. The van der Waals surface area contributed by atoms with E-state index in [0.717, 1.165) is 30.3 Å². The van der Waals surface area contributed by atoms with E-state index >= 15 is 0 Å². The van der Waals surface area contributed by atoms with Crippen molar-refractivity contribution < 1.29 is 18.3 Å². The highest BCUT2D eigenvalue weighted by molar-refractivity contribution is 7.95. The third kappa shape index (κ3) is 6.56. The van der Waals surface area contributed by atoms with Crippen LogP contribution in [0.1, 0.15) is 20.8 Å². The molecule has 0 unspecified atom stereocenters. The van der Waals surface area contributed by atoms with Crippen LogP contribution < -0.4 is 9.62 Å². The van der Waals surface area contributed by atoms with Gasteiger partial charge in [0.05, 0.1) is 5.41 Å². The average molecular weight is 338 g/mol. The van der Waals surface area contributed by atoms with E-state index in [4.69, 9.17) is 5.11 Å². The van der Waals surface area contributed by atoms with Crippen LogP contribution in [0.25, 0.3) is 0 Å². The minimum atomic E-state index is -3.70. The van der Waals surface area contributed by atoms with Gasteiger partial charge in [0.25, 0.3) is 10.0 Å². The number of carboxylic acids is 1. The maximum atomic E-state index is 12.0. The van der Waals surface area contributed by atoms with Crippen molar-refractivity contribution in [3.8, 4) is 0 Å². The molecule has 1 rings (SSSR count). The molecular weight excluding hydrogens is 316 g/mol. The molecule has 0 atom stereocenters. The Morgan fingerprint density at radius 3 is 2.22 bits per heavy atom. The van der Waals surface area contributed by atoms with Crippen molar-refractivity contribution in [2.45, 2.75) is 20.8 Å². The number of rotatable bonds is 8. The molecule has 0 aliphatic rings. The first-order valence-corrected chi connectivity index (χ1v) is 8.79. The smallest absolute Gasteiger partial charge is 0.328 e. The minimum Gasteiger partial charge on any atom is -0.478 e. The number of nitrogens with one attached hydrogen (secondary N) is 1. The summed E-state index contributed by atoms with van der Waals surface area (Å²) in [7, 11) is -3.70. The maximum absolute atomic E-state index is 12.0. The lowest BCUT2D eigenvalue weighted by Gasteiger charge is -2.21. The van der Waals surface area contributed by atoms with Crippen molar-refractivity contribution in [1.82, 2.24) is 0 Å². The molecule has 6 nitrogen and oxygen atoms in total. The second kappa shape index (κ2) is 8.38. The number of nitrogens with zero attached hydrogens (tertiary/aromatic N) is 1. The van der Waals surface area contributed by atoms with Gasteiger partial charge in [0.2, 0.25) is 0 Å². The lowest BCUT2D eigenvalue weighted by molar-refractivity contribution is -0.131. The number of sulfonamides is 1. The molecule has 0 aliphatic heterocycles. The van der Waals surface area contributed by atoms with Crippen LogP contribution in [0.2, 0.25) is 0 Å². The molecule has 0 bridgehead atoms.